The van der Waals surface area contributed by atoms with Gasteiger partial charge in [-0.25, -0.2) is 13.1 Å². The lowest BCUT2D eigenvalue weighted by atomic mass is 9.97. The van der Waals surface area contributed by atoms with Crippen LogP contribution in [0.15, 0.2) is 18.2 Å². The zero-order chi connectivity index (χ0) is 14.6. The molecule has 0 bridgehead atoms. The number of benzene rings is 1. The molecule has 0 aliphatic carbocycles. The van der Waals surface area contributed by atoms with Crippen LogP contribution in [0, 0.1) is 0 Å². The Kier molecular flexibility index (Phi) is 4.61. The fourth-order valence-electron chi connectivity index (χ4n) is 2.23. The number of anilines is 1. The fourth-order valence-corrected chi connectivity index (χ4v) is 2.70. The van der Waals surface area contributed by atoms with E-state index < -0.39 is 10.0 Å². The van der Waals surface area contributed by atoms with Gasteiger partial charge in [0, 0.05) is 30.9 Å². The van der Waals surface area contributed by atoms with Crippen molar-refractivity contribution in [3.63, 3.8) is 0 Å². The highest BCUT2D eigenvalue weighted by molar-refractivity contribution is 7.88. The van der Waals surface area contributed by atoms with E-state index >= 15 is 0 Å². The molecule has 0 saturated heterocycles. The molecule has 0 fully saturated rings. The highest BCUT2D eigenvalue weighted by Gasteiger charge is 2.16. The summed E-state index contributed by atoms with van der Waals surface area (Å²) in [6, 6.07) is 5.61. The van der Waals surface area contributed by atoms with Gasteiger partial charge >= 0.3 is 0 Å². The van der Waals surface area contributed by atoms with E-state index in [4.69, 9.17) is 0 Å². The lowest BCUT2D eigenvalue weighted by molar-refractivity contribution is 0.0953. The minimum atomic E-state index is -3.21. The number of amides is 1. The van der Waals surface area contributed by atoms with Gasteiger partial charge in [-0.1, -0.05) is 6.07 Å². The summed E-state index contributed by atoms with van der Waals surface area (Å²) < 4.78 is 24.1. The second kappa shape index (κ2) is 6.23. The zero-order valence-electron chi connectivity index (χ0n) is 11.4. The largest absolute Gasteiger partial charge is 0.385 e. The van der Waals surface area contributed by atoms with E-state index in [2.05, 4.69) is 15.4 Å². The molecule has 20 heavy (non-hydrogen) atoms. The Bertz CT molecular complexity index is 599. The summed E-state index contributed by atoms with van der Waals surface area (Å²) in [7, 11) is -3.21. The van der Waals surface area contributed by atoms with Crippen molar-refractivity contribution in [1.29, 1.82) is 0 Å². The Morgan fingerprint density at radius 1 is 1.35 bits per heavy atom. The molecule has 2 rings (SSSR count). The average molecular weight is 297 g/mol. The van der Waals surface area contributed by atoms with Gasteiger partial charge in [0.05, 0.1) is 6.26 Å². The van der Waals surface area contributed by atoms with E-state index in [9.17, 15) is 13.2 Å². The molecule has 7 heteroatoms. The second-order valence-corrected chi connectivity index (χ2v) is 6.62. The van der Waals surface area contributed by atoms with E-state index in [1.165, 1.54) is 0 Å². The van der Waals surface area contributed by atoms with Crippen molar-refractivity contribution in [2.24, 2.45) is 0 Å². The van der Waals surface area contributed by atoms with Crippen molar-refractivity contribution in [2.75, 3.05) is 31.2 Å². The highest BCUT2D eigenvalue weighted by atomic mass is 32.2. The van der Waals surface area contributed by atoms with Gasteiger partial charge in [-0.3, -0.25) is 4.79 Å². The van der Waals surface area contributed by atoms with Crippen molar-refractivity contribution in [2.45, 2.75) is 12.8 Å². The minimum absolute atomic E-state index is 0.166. The van der Waals surface area contributed by atoms with E-state index in [-0.39, 0.29) is 19.0 Å². The van der Waals surface area contributed by atoms with Crippen molar-refractivity contribution < 1.29 is 13.2 Å². The number of rotatable bonds is 5. The quantitative estimate of drug-likeness (QED) is 0.683. The molecule has 1 aromatic rings. The van der Waals surface area contributed by atoms with Crippen LogP contribution in [-0.2, 0) is 16.4 Å². The molecule has 0 radical (unpaired) electrons. The van der Waals surface area contributed by atoms with Gasteiger partial charge < -0.3 is 10.6 Å². The summed E-state index contributed by atoms with van der Waals surface area (Å²) in [5.41, 5.74) is 2.71. The predicted molar refractivity (Wildman–Crippen MR) is 78.4 cm³/mol. The molecule has 1 aliphatic rings. The molecule has 110 valence electrons. The third kappa shape index (κ3) is 3.94. The number of sulfonamides is 1. The lowest BCUT2D eigenvalue weighted by Crippen LogP contribution is -2.34. The third-order valence-electron chi connectivity index (χ3n) is 3.11. The second-order valence-electron chi connectivity index (χ2n) is 4.78. The molecule has 0 spiro atoms. The molecule has 0 unspecified atom stereocenters. The summed E-state index contributed by atoms with van der Waals surface area (Å²) >= 11 is 0. The van der Waals surface area contributed by atoms with E-state index in [0.29, 0.717) is 5.56 Å². The number of carbonyl (C=O) groups excluding carboxylic acids is 1. The monoisotopic (exact) mass is 297 g/mol. The fraction of sp³-hybridized carbons (Fsp3) is 0.462. The first-order valence-corrected chi connectivity index (χ1v) is 8.45. The molecular formula is C13H19N3O3S. The summed E-state index contributed by atoms with van der Waals surface area (Å²) in [6.07, 6.45) is 2.98. The first-order chi connectivity index (χ1) is 9.47. The van der Waals surface area contributed by atoms with Crippen LogP contribution in [-0.4, -0.2) is 40.2 Å². The third-order valence-corrected chi connectivity index (χ3v) is 3.84. The van der Waals surface area contributed by atoms with Crippen LogP contribution in [0.25, 0.3) is 0 Å². The van der Waals surface area contributed by atoms with Gasteiger partial charge in [0.1, 0.15) is 0 Å². The van der Waals surface area contributed by atoms with Crippen LogP contribution in [0.1, 0.15) is 22.3 Å². The van der Waals surface area contributed by atoms with Crippen LogP contribution in [0.2, 0.25) is 0 Å². The molecule has 1 amide bonds. The molecule has 0 aromatic heterocycles. The van der Waals surface area contributed by atoms with Gasteiger partial charge in [0.2, 0.25) is 10.0 Å². The van der Waals surface area contributed by atoms with Gasteiger partial charge in [-0.2, -0.15) is 0 Å². The minimum Gasteiger partial charge on any atom is -0.385 e. The molecular weight excluding hydrogens is 278 g/mol. The average Bonchev–Trinajstić information content (AvgIpc) is 2.41. The summed E-state index contributed by atoms with van der Waals surface area (Å²) in [4.78, 5) is 12.1. The molecule has 6 nitrogen and oxygen atoms in total. The maximum Gasteiger partial charge on any atom is 0.251 e. The van der Waals surface area contributed by atoms with Crippen LogP contribution in [0.5, 0.6) is 0 Å². The van der Waals surface area contributed by atoms with Gasteiger partial charge in [-0.05, 0) is 30.5 Å². The van der Waals surface area contributed by atoms with Crippen LogP contribution >= 0.6 is 0 Å². The van der Waals surface area contributed by atoms with Gasteiger partial charge in [0.15, 0.2) is 0 Å². The molecule has 3 N–H and O–H groups in total. The first-order valence-electron chi connectivity index (χ1n) is 6.56. The Labute approximate surface area is 119 Å². The number of fused-ring (bicyclic) bond motifs is 1. The molecule has 0 saturated carbocycles. The molecule has 0 atom stereocenters. The van der Waals surface area contributed by atoms with Crippen molar-refractivity contribution in [3.05, 3.63) is 29.3 Å². The normalized spacial score (nSPS) is 14.2. The number of hydrogen-bond acceptors (Lipinski definition) is 4. The Morgan fingerprint density at radius 3 is 2.90 bits per heavy atom. The van der Waals surface area contributed by atoms with Crippen LogP contribution in [0.3, 0.4) is 0 Å². The van der Waals surface area contributed by atoms with E-state index in [0.717, 1.165) is 36.9 Å². The van der Waals surface area contributed by atoms with E-state index in [1.807, 2.05) is 12.1 Å². The maximum atomic E-state index is 12.1. The topological polar surface area (TPSA) is 87.3 Å². The number of nitrogens with one attached hydrogen (secondary N) is 3. The summed E-state index contributed by atoms with van der Waals surface area (Å²) in [5, 5.41) is 6.00. The van der Waals surface area contributed by atoms with Crippen molar-refractivity contribution >= 4 is 21.6 Å². The van der Waals surface area contributed by atoms with Gasteiger partial charge in [0.25, 0.3) is 5.91 Å². The Balaban J connectivity index is 1.96. The molecule has 1 heterocycles. The Hall–Kier alpha value is -1.60. The SMILES string of the molecule is CS(=O)(=O)NCCNC(=O)c1cccc2c1CCCN2. The number of hydrogen-bond donors (Lipinski definition) is 3. The van der Waals surface area contributed by atoms with Crippen LogP contribution < -0.4 is 15.4 Å². The smallest absolute Gasteiger partial charge is 0.251 e. The van der Waals surface area contributed by atoms with Crippen molar-refractivity contribution in [1.82, 2.24) is 10.0 Å². The summed E-state index contributed by atoms with van der Waals surface area (Å²) in [5.74, 6) is -0.166. The van der Waals surface area contributed by atoms with Crippen LogP contribution in [0.4, 0.5) is 5.69 Å². The highest BCUT2D eigenvalue weighted by Crippen LogP contribution is 2.25. The van der Waals surface area contributed by atoms with Crippen molar-refractivity contribution in [3.8, 4) is 0 Å². The standard InChI is InChI=1S/C13H19N3O3S/c1-20(18,19)16-9-8-15-13(17)11-4-2-6-12-10(11)5-3-7-14-12/h2,4,6,14,16H,3,5,7-9H2,1H3,(H,15,17). The summed E-state index contributed by atoms with van der Waals surface area (Å²) in [6.45, 7) is 1.39. The zero-order valence-corrected chi connectivity index (χ0v) is 12.2. The maximum absolute atomic E-state index is 12.1. The molecule has 1 aromatic carbocycles. The Morgan fingerprint density at radius 2 is 2.15 bits per heavy atom. The molecule has 1 aliphatic heterocycles. The first kappa shape index (κ1) is 14.8. The van der Waals surface area contributed by atoms with Gasteiger partial charge in [-0.15, -0.1) is 0 Å². The predicted octanol–water partition coefficient (Wildman–Crippen LogP) is 0.324. The number of carbonyl (C=O) groups is 1. The van der Waals surface area contributed by atoms with E-state index in [1.54, 1.807) is 6.07 Å². The lowest BCUT2D eigenvalue weighted by Gasteiger charge is -2.20.